The first kappa shape index (κ1) is 14.2. The fourth-order valence-corrected chi connectivity index (χ4v) is 2.37. The van der Waals surface area contributed by atoms with E-state index in [1.165, 1.54) is 0 Å². The average molecular weight is 299 g/mol. The molecule has 3 heterocycles. The molecule has 1 aliphatic heterocycles. The first-order valence-electron chi connectivity index (χ1n) is 7.09. The topological polar surface area (TPSA) is 71.5 Å². The number of amides is 1. The summed E-state index contributed by atoms with van der Waals surface area (Å²) in [7, 11) is 1.55. The minimum absolute atomic E-state index is 0.0104. The van der Waals surface area contributed by atoms with Crippen molar-refractivity contribution in [3.8, 4) is 5.88 Å². The molecule has 0 N–H and O–H groups in total. The molecule has 0 saturated carbocycles. The molecule has 0 aliphatic carbocycles. The summed E-state index contributed by atoms with van der Waals surface area (Å²) >= 11 is 0. The monoisotopic (exact) mass is 299 g/mol. The number of ether oxygens (including phenoxy) is 1. The van der Waals surface area contributed by atoms with Gasteiger partial charge in [0, 0.05) is 50.8 Å². The van der Waals surface area contributed by atoms with Crippen molar-refractivity contribution in [3.63, 3.8) is 0 Å². The highest BCUT2D eigenvalue weighted by Crippen LogP contribution is 2.13. The number of aromatic nitrogens is 3. The summed E-state index contributed by atoms with van der Waals surface area (Å²) in [6.45, 7) is 2.73. The van der Waals surface area contributed by atoms with Gasteiger partial charge in [0.05, 0.1) is 12.7 Å². The standard InChI is InChI=1S/C15H17N5O2/c1-22-13-4-3-12(11-18-13)14(21)19-7-9-20(10-8-19)15-16-5-2-6-17-15/h2-6,11H,7-10H2,1H3. The van der Waals surface area contributed by atoms with E-state index in [1.807, 2.05) is 4.90 Å². The Balaban J connectivity index is 1.62. The Bertz CT molecular complexity index is 624. The number of hydrogen-bond acceptors (Lipinski definition) is 6. The van der Waals surface area contributed by atoms with E-state index >= 15 is 0 Å². The van der Waals surface area contributed by atoms with Gasteiger partial charge in [-0.2, -0.15) is 0 Å². The lowest BCUT2D eigenvalue weighted by Gasteiger charge is -2.34. The van der Waals surface area contributed by atoms with Gasteiger partial charge in [-0.25, -0.2) is 15.0 Å². The highest BCUT2D eigenvalue weighted by Gasteiger charge is 2.23. The maximum atomic E-state index is 12.4. The van der Waals surface area contributed by atoms with E-state index < -0.39 is 0 Å². The number of carbonyl (C=O) groups excluding carboxylic acids is 1. The summed E-state index contributed by atoms with van der Waals surface area (Å²) in [5, 5.41) is 0. The minimum atomic E-state index is -0.0104. The van der Waals surface area contributed by atoms with Gasteiger partial charge in [0.1, 0.15) is 0 Å². The predicted octanol–water partition coefficient (Wildman–Crippen LogP) is 0.843. The van der Waals surface area contributed by atoms with Crippen LogP contribution in [0.5, 0.6) is 5.88 Å². The molecule has 0 radical (unpaired) electrons. The van der Waals surface area contributed by atoms with Crippen molar-refractivity contribution in [2.24, 2.45) is 0 Å². The zero-order valence-corrected chi connectivity index (χ0v) is 12.3. The number of pyridine rings is 1. The van der Waals surface area contributed by atoms with Crippen LogP contribution in [0.3, 0.4) is 0 Å². The maximum absolute atomic E-state index is 12.4. The number of methoxy groups -OCH3 is 1. The maximum Gasteiger partial charge on any atom is 0.255 e. The lowest BCUT2D eigenvalue weighted by molar-refractivity contribution is 0.0745. The lowest BCUT2D eigenvalue weighted by Crippen LogP contribution is -2.49. The van der Waals surface area contributed by atoms with Crippen LogP contribution in [0.25, 0.3) is 0 Å². The predicted molar refractivity (Wildman–Crippen MR) is 80.9 cm³/mol. The van der Waals surface area contributed by atoms with Crippen LogP contribution in [0.15, 0.2) is 36.8 Å². The number of hydrogen-bond donors (Lipinski definition) is 0. The van der Waals surface area contributed by atoms with Gasteiger partial charge in [0.25, 0.3) is 5.91 Å². The molecular formula is C15H17N5O2. The smallest absolute Gasteiger partial charge is 0.255 e. The number of anilines is 1. The third kappa shape index (κ3) is 2.98. The summed E-state index contributed by atoms with van der Waals surface area (Å²) in [6, 6.07) is 5.22. The number of rotatable bonds is 3. The van der Waals surface area contributed by atoms with E-state index in [0.29, 0.717) is 30.5 Å². The van der Waals surface area contributed by atoms with E-state index in [9.17, 15) is 4.79 Å². The Morgan fingerprint density at radius 1 is 1.09 bits per heavy atom. The van der Waals surface area contributed by atoms with Crippen LogP contribution in [0.1, 0.15) is 10.4 Å². The van der Waals surface area contributed by atoms with Crippen molar-refractivity contribution in [2.45, 2.75) is 0 Å². The molecule has 1 aliphatic rings. The highest BCUT2D eigenvalue weighted by molar-refractivity contribution is 5.94. The van der Waals surface area contributed by atoms with Crippen LogP contribution in [0.2, 0.25) is 0 Å². The molecule has 1 amide bonds. The molecule has 0 bridgehead atoms. The van der Waals surface area contributed by atoms with Gasteiger partial charge in [-0.15, -0.1) is 0 Å². The van der Waals surface area contributed by atoms with Crippen LogP contribution >= 0.6 is 0 Å². The second kappa shape index (κ2) is 6.38. The molecule has 0 spiro atoms. The van der Waals surface area contributed by atoms with Gasteiger partial charge in [-0.3, -0.25) is 4.79 Å². The molecule has 1 fully saturated rings. The molecule has 3 rings (SSSR count). The third-order valence-corrected chi connectivity index (χ3v) is 3.59. The molecule has 114 valence electrons. The number of nitrogens with zero attached hydrogens (tertiary/aromatic N) is 5. The second-order valence-electron chi connectivity index (χ2n) is 4.92. The summed E-state index contributed by atoms with van der Waals surface area (Å²) in [4.78, 5) is 28.9. The molecule has 2 aromatic rings. The van der Waals surface area contributed by atoms with Crippen LogP contribution in [-0.2, 0) is 0 Å². The molecule has 7 nitrogen and oxygen atoms in total. The fourth-order valence-electron chi connectivity index (χ4n) is 2.37. The summed E-state index contributed by atoms with van der Waals surface area (Å²) in [6.07, 6.45) is 5.00. The highest BCUT2D eigenvalue weighted by atomic mass is 16.5. The molecular weight excluding hydrogens is 282 g/mol. The van der Waals surface area contributed by atoms with Crippen molar-refractivity contribution in [1.29, 1.82) is 0 Å². The molecule has 0 atom stereocenters. The quantitative estimate of drug-likeness (QED) is 0.836. The van der Waals surface area contributed by atoms with E-state index in [0.717, 1.165) is 13.1 Å². The summed E-state index contributed by atoms with van der Waals surface area (Å²) in [5.41, 5.74) is 0.574. The van der Waals surface area contributed by atoms with Gasteiger partial charge in [-0.1, -0.05) is 0 Å². The Hall–Kier alpha value is -2.70. The van der Waals surface area contributed by atoms with Gasteiger partial charge in [0.2, 0.25) is 11.8 Å². The first-order chi connectivity index (χ1) is 10.8. The van der Waals surface area contributed by atoms with Crippen LogP contribution in [0.4, 0.5) is 5.95 Å². The van der Waals surface area contributed by atoms with Gasteiger partial charge >= 0.3 is 0 Å². The van der Waals surface area contributed by atoms with Crippen LogP contribution in [-0.4, -0.2) is 59.0 Å². The molecule has 1 saturated heterocycles. The number of carbonyl (C=O) groups is 1. The van der Waals surface area contributed by atoms with Gasteiger partial charge < -0.3 is 14.5 Å². The Kier molecular flexibility index (Phi) is 4.13. The average Bonchev–Trinajstić information content (AvgIpc) is 2.62. The zero-order chi connectivity index (χ0) is 15.4. The van der Waals surface area contributed by atoms with E-state index in [2.05, 4.69) is 19.9 Å². The van der Waals surface area contributed by atoms with E-state index in [1.54, 1.807) is 43.9 Å². The minimum Gasteiger partial charge on any atom is -0.481 e. The summed E-state index contributed by atoms with van der Waals surface area (Å²) < 4.78 is 5.00. The lowest BCUT2D eigenvalue weighted by atomic mass is 10.2. The van der Waals surface area contributed by atoms with Crippen molar-refractivity contribution in [3.05, 3.63) is 42.4 Å². The van der Waals surface area contributed by atoms with E-state index in [-0.39, 0.29) is 5.91 Å². The largest absolute Gasteiger partial charge is 0.481 e. The molecule has 0 unspecified atom stereocenters. The fraction of sp³-hybridized carbons (Fsp3) is 0.333. The van der Waals surface area contributed by atoms with Crippen molar-refractivity contribution < 1.29 is 9.53 Å². The van der Waals surface area contributed by atoms with E-state index in [4.69, 9.17) is 4.74 Å². The SMILES string of the molecule is COc1ccc(C(=O)N2CCN(c3ncccn3)CC2)cn1. The van der Waals surface area contributed by atoms with Crippen molar-refractivity contribution >= 4 is 11.9 Å². The second-order valence-corrected chi connectivity index (χ2v) is 4.92. The Morgan fingerprint density at radius 2 is 1.82 bits per heavy atom. The molecule has 0 aromatic carbocycles. The molecule has 7 heteroatoms. The third-order valence-electron chi connectivity index (χ3n) is 3.59. The molecule has 2 aromatic heterocycles. The van der Waals surface area contributed by atoms with Crippen LogP contribution in [0, 0.1) is 0 Å². The van der Waals surface area contributed by atoms with Crippen LogP contribution < -0.4 is 9.64 Å². The van der Waals surface area contributed by atoms with Crippen molar-refractivity contribution in [2.75, 3.05) is 38.2 Å². The number of piperazine rings is 1. The normalized spacial score (nSPS) is 14.8. The zero-order valence-electron chi connectivity index (χ0n) is 12.3. The van der Waals surface area contributed by atoms with Gasteiger partial charge in [0.15, 0.2) is 0 Å². The Labute approximate surface area is 128 Å². The Morgan fingerprint density at radius 3 is 2.41 bits per heavy atom. The summed E-state index contributed by atoms with van der Waals surface area (Å²) in [5.74, 6) is 1.20. The van der Waals surface area contributed by atoms with Crippen molar-refractivity contribution in [1.82, 2.24) is 19.9 Å². The molecule has 22 heavy (non-hydrogen) atoms. The van der Waals surface area contributed by atoms with Gasteiger partial charge in [-0.05, 0) is 12.1 Å². The first-order valence-corrected chi connectivity index (χ1v) is 7.09.